The standard InChI is InChI=1S/C29H25NO5/c1-20-8-10-21(11-9-20)19-30(23-14-17-27(31)26(18-23)29(33)34-2)28(32)22-12-15-25(16-13-22)35-24-6-4-3-5-7-24/h3-18,31H,19H2,1-2H3. The van der Waals surface area contributed by atoms with Crippen LogP contribution < -0.4 is 9.64 Å². The number of hydrogen-bond donors (Lipinski definition) is 1. The van der Waals surface area contributed by atoms with Crippen LogP contribution in [0.2, 0.25) is 0 Å². The first-order valence-electron chi connectivity index (χ1n) is 11.1. The number of rotatable bonds is 7. The molecule has 0 aliphatic carbocycles. The van der Waals surface area contributed by atoms with Crippen molar-refractivity contribution >= 4 is 17.6 Å². The molecule has 6 heteroatoms. The van der Waals surface area contributed by atoms with E-state index in [1.165, 1.54) is 19.2 Å². The van der Waals surface area contributed by atoms with Crippen LogP contribution >= 0.6 is 0 Å². The summed E-state index contributed by atoms with van der Waals surface area (Å²) in [6.07, 6.45) is 0. The number of aromatic hydroxyl groups is 1. The molecule has 0 heterocycles. The summed E-state index contributed by atoms with van der Waals surface area (Å²) in [5, 5.41) is 10.1. The number of carbonyl (C=O) groups excluding carboxylic acids is 2. The van der Waals surface area contributed by atoms with Crippen LogP contribution in [0.4, 0.5) is 5.69 Å². The van der Waals surface area contributed by atoms with Crippen molar-refractivity contribution in [3.8, 4) is 17.2 Å². The molecule has 0 aliphatic heterocycles. The largest absolute Gasteiger partial charge is 0.507 e. The van der Waals surface area contributed by atoms with Gasteiger partial charge in [-0.25, -0.2) is 4.79 Å². The Morgan fingerprint density at radius 1 is 0.829 bits per heavy atom. The minimum atomic E-state index is -0.686. The van der Waals surface area contributed by atoms with Gasteiger partial charge in [-0.3, -0.25) is 4.79 Å². The first-order valence-corrected chi connectivity index (χ1v) is 11.1. The van der Waals surface area contributed by atoms with Crippen LogP contribution in [0.5, 0.6) is 17.2 Å². The van der Waals surface area contributed by atoms with Gasteiger partial charge in [0.1, 0.15) is 22.8 Å². The minimum Gasteiger partial charge on any atom is -0.507 e. The number of methoxy groups -OCH3 is 1. The molecule has 4 rings (SSSR count). The Labute approximate surface area is 204 Å². The topological polar surface area (TPSA) is 76.1 Å². The lowest BCUT2D eigenvalue weighted by Crippen LogP contribution is -2.30. The van der Waals surface area contributed by atoms with Crippen molar-refractivity contribution in [2.75, 3.05) is 12.0 Å². The lowest BCUT2D eigenvalue weighted by atomic mass is 10.1. The van der Waals surface area contributed by atoms with Crippen LogP contribution in [0.25, 0.3) is 0 Å². The molecule has 0 fully saturated rings. The molecule has 35 heavy (non-hydrogen) atoms. The van der Waals surface area contributed by atoms with Gasteiger partial charge in [0.2, 0.25) is 0 Å². The maximum atomic E-state index is 13.6. The third-order valence-electron chi connectivity index (χ3n) is 5.48. The first kappa shape index (κ1) is 23.6. The number of phenolic OH excluding ortho intramolecular Hbond substituents is 1. The zero-order chi connectivity index (χ0) is 24.8. The summed E-state index contributed by atoms with van der Waals surface area (Å²) in [6, 6.07) is 28.6. The van der Waals surface area contributed by atoms with E-state index in [1.54, 1.807) is 35.2 Å². The molecule has 0 bridgehead atoms. The van der Waals surface area contributed by atoms with Gasteiger partial charge < -0.3 is 19.5 Å². The maximum absolute atomic E-state index is 13.6. The molecule has 0 unspecified atom stereocenters. The third-order valence-corrected chi connectivity index (χ3v) is 5.48. The second kappa shape index (κ2) is 10.6. The van der Waals surface area contributed by atoms with E-state index in [1.807, 2.05) is 61.5 Å². The van der Waals surface area contributed by atoms with Gasteiger partial charge in [0.15, 0.2) is 0 Å². The maximum Gasteiger partial charge on any atom is 0.341 e. The van der Waals surface area contributed by atoms with Crippen molar-refractivity contribution in [2.24, 2.45) is 0 Å². The summed E-state index contributed by atoms with van der Waals surface area (Å²) in [6.45, 7) is 2.27. The van der Waals surface area contributed by atoms with E-state index in [9.17, 15) is 14.7 Å². The molecule has 0 atom stereocenters. The molecule has 0 saturated heterocycles. The van der Waals surface area contributed by atoms with Gasteiger partial charge in [-0.15, -0.1) is 0 Å². The smallest absolute Gasteiger partial charge is 0.341 e. The Kier molecular flexibility index (Phi) is 7.12. The molecular formula is C29H25NO5. The van der Waals surface area contributed by atoms with E-state index < -0.39 is 5.97 Å². The molecule has 1 amide bonds. The van der Waals surface area contributed by atoms with Gasteiger partial charge in [-0.1, -0.05) is 48.0 Å². The Morgan fingerprint density at radius 2 is 1.49 bits per heavy atom. The van der Waals surface area contributed by atoms with Crippen LogP contribution in [-0.4, -0.2) is 24.1 Å². The molecule has 176 valence electrons. The molecular weight excluding hydrogens is 442 g/mol. The second-order valence-corrected chi connectivity index (χ2v) is 8.01. The lowest BCUT2D eigenvalue weighted by Gasteiger charge is -2.24. The Morgan fingerprint density at radius 3 is 2.14 bits per heavy atom. The summed E-state index contributed by atoms with van der Waals surface area (Å²) in [4.78, 5) is 27.3. The Hall–Kier alpha value is -4.58. The molecule has 4 aromatic rings. The molecule has 0 radical (unpaired) electrons. The van der Waals surface area contributed by atoms with Gasteiger partial charge >= 0.3 is 5.97 Å². The predicted octanol–water partition coefficient (Wildman–Crippen LogP) is 6.13. The van der Waals surface area contributed by atoms with Gasteiger partial charge in [0, 0.05) is 11.3 Å². The third kappa shape index (κ3) is 5.68. The van der Waals surface area contributed by atoms with Crippen molar-refractivity contribution in [3.05, 3.63) is 119 Å². The normalized spacial score (nSPS) is 10.5. The summed E-state index contributed by atoms with van der Waals surface area (Å²) >= 11 is 0. The van der Waals surface area contributed by atoms with E-state index in [2.05, 4.69) is 0 Å². The number of aryl methyl sites for hydroxylation is 1. The van der Waals surface area contributed by atoms with Gasteiger partial charge in [0.05, 0.1) is 13.7 Å². The number of phenols is 1. The highest BCUT2D eigenvalue weighted by Gasteiger charge is 2.21. The summed E-state index contributed by atoms with van der Waals surface area (Å²) in [7, 11) is 1.24. The molecule has 1 N–H and O–H groups in total. The van der Waals surface area contributed by atoms with E-state index in [0.29, 0.717) is 22.7 Å². The molecule has 0 saturated carbocycles. The number of hydrogen-bond acceptors (Lipinski definition) is 5. The van der Waals surface area contributed by atoms with E-state index in [-0.39, 0.29) is 23.8 Å². The molecule has 0 aliphatic rings. The van der Waals surface area contributed by atoms with Crippen LogP contribution in [0.1, 0.15) is 31.8 Å². The quantitative estimate of drug-likeness (QED) is 0.331. The number of benzene rings is 4. The molecule has 4 aromatic carbocycles. The van der Waals surface area contributed by atoms with E-state index in [0.717, 1.165) is 11.1 Å². The predicted molar refractivity (Wildman–Crippen MR) is 134 cm³/mol. The fourth-order valence-electron chi connectivity index (χ4n) is 3.57. The molecule has 0 aromatic heterocycles. The van der Waals surface area contributed by atoms with Crippen molar-refractivity contribution in [1.82, 2.24) is 0 Å². The lowest BCUT2D eigenvalue weighted by molar-refractivity contribution is 0.0597. The minimum absolute atomic E-state index is 0.0154. The number of esters is 1. The SMILES string of the molecule is COC(=O)c1cc(N(Cc2ccc(C)cc2)C(=O)c2ccc(Oc3ccccc3)cc2)ccc1O. The average molecular weight is 468 g/mol. The zero-order valence-corrected chi connectivity index (χ0v) is 19.5. The Bertz CT molecular complexity index is 1320. The monoisotopic (exact) mass is 467 g/mol. The summed E-state index contributed by atoms with van der Waals surface area (Å²) in [5.74, 6) is 0.140. The zero-order valence-electron chi connectivity index (χ0n) is 19.5. The summed E-state index contributed by atoms with van der Waals surface area (Å²) in [5.41, 5.74) is 2.92. The van der Waals surface area contributed by atoms with Gasteiger partial charge in [0.25, 0.3) is 5.91 Å². The first-order chi connectivity index (χ1) is 16.9. The molecule has 0 spiro atoms. The number of nitrogens with zero attached hydrogens (tertiary/aromatic N) is 1. The van der Waals surface area contributed by atoms with Crippen molar-refractivity contribution < 1.29 is 24.2 Å². The fraction of sp³-hybridized carbons (Fsp3) is 0.103. The average Bonchev–Trinajstić information content (AvgIpc) is 2.89. The van der Waals surface area contributed by atoms with Crippen molar-refractivity contribution in [1.29, 1.82) is 0 Å². The van der Waals surface area contributed by atoms with Crippen molar-refractivity contribution in [2.45, 2.75) is 13.5 Å². The van der Waals surface area contributed by atoms with Gasteiger partial charge in [-0.2, -0.15) is 0 Å². The number of ether oxygens (including phenoxy) is 2. The highest BCUT2D eigenvalue weighted by Crippen LogP contribution is 2.28. The Balaban J connectivity index is 1.66. The fourth-order valence-corrected chi connectivity index (χ4v) is 3.57. The summed E-state index contributed by atoms with van der Waals surface area (Å²) < 4.78 is 10.6. The molecule has 6 nitrogen and oxygen atoms in total. The van der Waals surface area contributed by atoms with Gasteiger partial charge in [-0.05, 0) is 67.1 Å². The number of anilines is 1. The highest BCUT2D eigenvalue weighted by atomic mass is 16.5. The number of amides is 1. The number of carbonyl (C=O) groups is 2. The van der Waals surface area contributed by atoms with Crippen molar-refractivity contribution in [3.63, 3.8) is 0 Å². The van der Waals surface area contributed by atoms with E-state index >= 15 is 0 Å². The van der Waals surface area contributed by atoms with Crippen LogP contribution in [-0.2, 0) is 11.3 Å². The van der Waals surface area contributed by atoms with Crippen LogP contribution in [0.3, 0.4) is 0 Å². The van der Waals surface area contributed by atoms with Crippen LogP contribution in [0.15, 0.2) is 97.1 Å². The highest BCUT2D eigenvalue weighted by molar-refractivity contribution is 6.07. The van der Waals surface area contributed by atoms with E-state index in [4.69, 9.17) is 9.47 Å². The van der Waals surface area contributed by atoms with Crippen LogP contribution in [0, 0.1) is 6.92 Å². The second-order valence-electron chi connectivity index (χ2n) is 8.01. The number of para-hydroxylation sites is 1.